The summed E-state index contributed by atoms with van der Waals surface area (Å²) in [7, 11) is 7.86. The van der Waals surface area contributed by atoms with E-state index in [0.29, 0.717) is 46.2 Å². The van der Waals surface area contributed by atoms with Crippen LogP contribution in [0.2, 0.25) is 0 Å². The van der Waals surface area contributed by atoms with Crippen molar-refractivity contribution in [3.63, 3.8) is 0 Å². The van der Waals surface area contributed by atoms with Crippen LogP contribution in [0, 0.1) is 0 Å². The number of anilines is 2. The molecule has 0 bridgehead atoms. The minimum absolute atomic E-state index is 0.402. The minimum atomic E-state index is 0.402. The minimum Gasteiger partial charge on any atom is -0.493 e. The number of nitrogens with one attached hydrogen (secondary N) is 1. The standard InChI is InChI=1S/C22H23N5O5/c1-28-15-7-6-14(12-16(15)29-2)24-22-25-19-8-9-23-21(27(19)26-22)13-10-17(30-3)20(32-5)18(11-13)31-4/h6-12H,1-5H3,(H,24,26). The molecule has 0 fully saturated rings. The van der Waals surface area contributed by atoms with Gasteiger partial charge in [-0.1, -0.05) is 0 Å². The summed E-state index contributed by atoms with van der Waals surface area (Å²) in [5, 5.41) is 7.77. The lowest BCUT2D eigenvalue weighted by Gasteiger charge is -2.14. The Hall–Kier alpha value is -4.21. The molecular formula is C22H23N5O5. The van der Waals surface area contributed by atoms with E-state index in [2.05, 4.69) is 20.4 Å². The molecule has 2 aromatic heterocycles. The van der Waals surface area contributed by atoms with Gasteiger partial charge in [-0.3, -0.25) is 0 Å². The first-order valence-electron chi connectivity index (χ1n) is 9.63. The fraction of sp³-hybridized carbons (Fsp3) is 0.227. The lowest BCUT2D eigenvalue weighted by atomic mass is 10.1. The van der Waals surface area contributed by atoms with Crippen molar-refractivity contribution in [3.8, 4) is 40.1 Å². The SMILES string of the molecule is COc1ccc(Nc2nc3ccnc(-c4cc(OC)c(OC)c(OC)c4)n3n2)cc1OC. The van der Waals surface area contributed by atoms with E-state index in [1.54, 1.807) is 58.4 Å². The lowest BCUT2D eigenvalue weighted by Crippen LogP contribution is -2.00. The number of nitrogens with zero attached hydrogens (tertiary/aromatic N) is 4. The van der Waals surface area contributed by atoms with Crippen LogP contribution in [-0.4, -0.2) is 55.1 Å². The number of benzene rings is 2. The van der Waals surface area contributed by atoms with Gasteiger partial charge in [0.15, 0.2) is 34.5 Å². The first-order chi connectivity index (χ1) is 15.6. The molecular weight excluding hydrogens is 414 g/mol. The second-order valence-electron chi connectivity index (χ2n) is 6.58. The Morgan fingerprint density at radius 1 is 0.750 bits per heavy atom. The number of hydrogen-bond acceptors (Lipinski definition) is 9. The van der Waals surface area contributed by atoms with E-state index < -0.39 is 0 Å². The maximum atomic E-state index is 5.47. The largest absolute Gasteiger partial charge is 0.493 e. The first-order valence-corrected chi connectivity index (χ1v) is 9.63. The Balaban J connectivity index is 1.75. The van der Waals surface area contributed by atoms with Crippen molar-refractivity contribution in [1.29, 1.82) is 0 Å². The van der Waals surface area contributed by atoms with Crippen LogP contribution in [0.25, 0.3) is 17.0 Å². The summed E-state index contributed by atoms with van der Waals surface area (Å²) >= 11 is 0. The van der Waals surface area contributed by atoms with Gasteiger partial charge in [-0.25, -0.2) is 4.98 Å². The molecule has 0 spiro atoms. The maximum Gasteiger partial charge on any atom is 0.247 e. The fourth-order valence-electron chi connectivity index (χ4n) is 3.32. The van der Waals surface area contributed by atoms with Gasteiger partial charge in [0.25, 0.3) is 0 Å². The molecule has 0 atom stereocenters. The van der Waals surface area contributed by atoms with E-state index in [9.17, 15) is 0 Å². The molecule has 2 aromatic carbocycles. The maximum absolute atomic E-state index is 5.47. The van der Waals surface area contributed by atoms with E-state index in [1.165, 1.54) is 0 Å². The second kappa shape index (κ2) is 8.88. The molecule has 4 aromatic rings. The number of rotatable bonds is 8. The molecule has 32 heavy (non-hydrogen) atoms. The van der Waals surface area contributed by atoms with E-state index in [0.717, 1.165) is 11.3 Å². The summed E-state index contributed by atoms with van der Waals surface area (Å²) < 4.78 is 28.6. The average Bonchev–Trinajstić information content (AvgIpc) is 3.25. The van der Waals surface area contributed by atoms with Gasteiger partial charge in [0.2, 0.25) is 11.7 Å². The van der Waals surface area contributed by atoms with Crippen LogP contribution < -0.4 is 29.0 Å². The normalized spacial score (nSPS) is 10.7. The molecule has 0 radical (unpaired) electrons. The highest BCUT2D eigenvalue weighted by molar-refractivity contribution is 5.69. The van der Waals surface area contributed by atoms with Crippen LogP contribution in [-0.2, 0) is 0 Å². The van der Waals surface area contributed by atoms with Gasteiger partial charge in [0.1, 0.15) is 0 Å². The Kier molecular flexibility index (Phi) is 5.84. The zero-order chi connectivity index (χ0) is 22.7. The van der Waals surface area contributed by atoms with Crippen molar-refractivity contribution in [1.82, 2.24) is 19.6 Å². The molecule has 166 valence electrons. The highest BCUT2D eigenvalue weighted by Crippen LogP contribution is 2.40. The van der Waals surface area contributed by atoms with Gasteiger partial charge in [0.05, 0.1) is 35.5 Å². The molecule has 0 saturated carbocycles. The summed E-state index contributed by atoms with van der Waals surface area (Å²) in [4.78, 5) is 9.05. The van der Waals surface area contributed by atoms with Gasteiger partial charge < -0.3 is 29.0 Å². The molecule has 10 nitrogen and oxygen atoms in total. The number of aromatic nitrogens is 4. The predicted octanol–water partition coefficient (Wildman–Crippen LogP) is 3.58. The van der Waals surface area contributed by atoms with Crippen LogP contribution in [0.3, 0.4) is 0 Å². The fourth-order valence-corrected chi connectivity index (χ4v) is 3.32. The Labute approximate surface area is 184 Å². The Morgan fingerprint density at radius 2 is 1.44 bits per heavy atom. The third kappa shape index (κ3) is 3.78. The molecule has 2 heterocycles. The quantitative estimate of drug-likeness (QED) is 0.443. The molecule has 0 aliphatic heterocycles. The van der Waals surface area contributed by atoms with E-state index >= 15 is 0 Å². The highest BCUT2D eigenvalue weighted by Gasteiger charge is 2.18. The number of methoxy groups -OCH3 is 5. The molecule has 0 aliphatic rings. The van der Waals surface area contributed by atoms with Crippen molar-refractivity contribution in [2.75, 3.05) is 40.9 Å². The van der Waals surface area contributed by atoms with Crippen LogP contribution >= 0.6 is 0 Å². The predicted molar refractivity (Wildman–Crippen MR) is 119 cm³/mol. The zero-order valence-electron chi connectivity index (χ0n) is 18.4. The Morgan fingerprint density at radius 3 is 2.06 bits per heavy atom. The third-order valence-corrected chi connectivity index (χ3v) is 4.82. The lowest BCUT2D eigenvalue weighted by molar-refractivity contribution is 0.324. The van der Waals surface area contributed by atoms with Crippen molar-refractivity contribution < 1.29 is 23.7 Å². The molecule has 0 aliphatic carbocycles. The molecule has 4 rings (SSSR count). The molecule has 10 heteroatoms. The molecule has 0 unspecified atom stereocenters. The smallest absolute Gasteiger partial charge is 0.247 e. The topological polar surface area (TPSA) is 101 Å². The van der Waals surface area contributed by atoms with E-state index in [4.69, 9.17) is 23.7 Å². The first kappa shape index (κ1) is 21.0. The van der Waals surface area contributed by atoms with Crippen molar-refractivity contribution in [2.45, 2.75) is 0 Å². The molecule has 1 N–H and O–H groups in total. The van der Waals surface area contributed by atoms with Crippen LogP contribution in [0.1, 0.15) is 0 Å². The van der Waals surface area contributed by atoms with Gasteiger partial charge >= 0.3 is 0 Å². The number of hydrogen-bond donors (Lipinski definition) is 1. The van der Waals surface area contributed by atoms with Crippen LogP contribution in [0.5, 0.6) is 28.7 Å². The molecule has 0 saturated heterocycles. The van der Waals surface area contributed by atoms with Gasteiger partial charge in [-0.05, 0) is 24.3 Å². The third-order valence-electron chi connectivity index (χ3n) is 4.82. The second-order valence-corrected chi connectivity index (χ2v) is 6.58. The summed E-state index contributed by atoms with van der Waals surface area (Å²) in [5.74, 6) is 3.73. The monoisotopic (exact) mass is 437 g/mol. The average molecular weight is 437 g/mol. The van der Waals surface area contributed by atoms with E-state index in [1.807, 2.05) is 24.3 Å². The van der Waals surface area contributed by atoms with Crippen molar-refractivity contribution >= 4 is 17.3 Å². The molecule has 0 amide bonds. The van der Waals surface area contributed by atoms with E-state index in [-0.39, 0.29) is 0 Å². The number of ether oxygens (including phenoxy) is 5. The summed E-state index contributed by atoms with van der Waals surface area (Å²) in [5.41, 5.74) is 2.10. The van der Waals surface area contributed by atoms with Crippen molar-refractivity contribution in [3.05, 3.63) is 42.6 Å². The van der Waals surface area contributed by atoms with Gasteiger partial charge in [-0.2, -0.15) is 9.50 Å². The summed E-state index contributed by atoms with van der Waals surface area (Å²) in [6.07, 6.45) is 1.67. The summed E-state index contributed by atoms with van der Waals surface area (Å²) in [6.45, 7) is 0. The summed E-state index contributed by atoms with van der Waals surface area (Å²) in [6, 6.07) is 10.9. The van der Waals surface area contributed by atoms with Crippen LogP contribution in [0.15, 0.2) is 42.6 Å². The van der Waals surface area contributed by atoms with Gasteiger partial charge in [0, 0.05) is 29.6 Å². The Bertz CT molecular complexity index is 1230. The zero-order valence-corrected chi connectivity index (χ0v) is 18.4. The highest BCUT2D eigenvalue weighted by atomic mass is 16.5. The van der Waals surface area contributed by atoms with Crippen LogP contribution in [0.4, 0.5) is 11.6 Å². The van der Waals surface area contributed by atoms with Gasteiger partial charge in [-0.15, -0.1) is 5.10 Å². The number of fused-ring (bicyclic) bond motifs is 1. The van der Waals surface area contributed by atoms with Crippen molar-refractivity contribution in [2.24, 2.45) is 0 Å².